The van der Waals surface area contributed by atoms with Gasteiger partial charge < -0.3 is 4.90 Å². The van der Waals surface area contributed by atoms with Gasteiger partial charge in [-0.3, -0.25) is 9.69 Å². The maximum absolute atomic E-state index is 12.0. The number of carbonyl (C=O) groups is 1. The van der Waals surface area contributed by atoms with Gasteiger partial charge in [0.15, 0.2) is 0 Å². The van der Waals surface area contributed by atoms with Crippen LogP contribution in [0.2, 0.25) is 0 Å². The topological polar surface area (TPSA) is 36.4 Å². The normalized spacial score (nSPS) is 17.4. The van der Waals surface area contributed by atoms with E-state index in [1.165, 1.54) is 17.1 Å². The summed E-state index contributed by atoms with van der Waals surface area (Å²) in [4.78, 5) is 20.4. The lowest BCUT2D eigenvalue weighted by Crippen LogP contribution is -2.49. The van der Waals surface area contributed by atoms with Crippen molar-refractivity contribution in [2.24, 2.45) is 0 Å². The number of hydrogen-bond acceptors (Lipinski definition) is 5. The Morgan fingerprint density at radius 1 is 1.47 bits per heavy atom. The van der Waals surface area contributed by atoms with Gasteiger partial charge in [-0.25, -0.2) is 4.98 Å². The molecule has 94 valence electrons. The van der Waals surface area contributed by atoms with Gasteiger partial charge in [-0.1, -0.05) is 0 Å². The molecule has 2 heterocycles. The van der Waals surface area contributed by atoms with Crippen LogP contribution in [0.5, 0.6) is 0 Å². The van der Waals surface area contributed by atoms with Crippen molar-refractivity contribution in [1.29, 1.82) is 0 Å². The average Bonchev–Trinajstić information content (AvgIpc) is 2.90. The van der Waals surface area contributed by atoms with Gasteiger partial charge in [0, 0.05) is 43.9 Å². The number of thioether (sulfide) groups is 1. The molecule has 0 aliphatic carbocycles. The Hall–Kier alpha value is -0.590. The van der Waals surface area contributed by atoms with Gasteiger partial charge in [-0.2, -0.15) is 11.8 Å². The van der Waals surface area contributed by atoms with E-state index in [2.05, 4.69) is 16.1 Å². The van der Waals surface area contributed by atoms with E-state index in [0.717, 1.165) is 32.7 Å². The summed E-state index contributed by atoms with van der Waals surface area (Å²) in [7, 11) is 0. The number of thiazole rings is 1. The predicted octanol–water partition coefficient (Wildman–Crippen LogP) is 1.26. The zero-order valence-corrected chi connectivity index (χ0v) is 11.6. The molecule has 1 amide bonds. The lowest BCUT2D eigenvalue weighted by Gasteiger charge is -2.34. The fourth-order valence-electron chi connectivity index (χ4n) is 1.88. The molecule has 1 aliphatic rings. The van der Waals surface area contributed by atoms with Crippen molar-refractivity contribution in [1.82, 2.24) is 14.8 Å². The fourth-order valence-corrected chi connectivity index (χ4v) is 2.84. The van der Waals surface area contributed by atoms with Crippen LogP contribution < -0.4 is 0 Å². The summed E-state index contributed by atoms with van der Waals surface area (Å²) in [5.41, 5.74) is 2.30. The quantitative estimate of drug-likeness (QED) is 0.826. The van der Waals surface area contributed by atoms with Crippen molar-refractivity contribution in [2.45, 2.75) is 0 Å². The third kappa shape index (κ3) is 3.43. The van der Waals surface area contributed by atoms with E-state index in [-0.39, 0.29) is 5.91 Å². The lowest BCUT2D eigenvalue weighted by molar-refractivity contribution is 0.0639. The standard InChI is InChI=1S/C11H17N3OS2/c1-16-7-6-13-2-4-14(5-3-13)11(15)10-8-17-9-12-10/h8-9H,2-7H2,1H3. The van der Waals surface area contributed by atoms with E-state index in [1.54, 1.807) is 5.51 Å². The molecule has 1 aromatic rings. The minimum Gasteiger partial charge on any atom is -0.335 e. The smallest absolute Gasteiger partial charge is 0.273 e. The van der Waals surface area contributed by atoms with Crippen LogP contribution in [0.1, 0.15) is 10.5 Å². The highest BCUT2D eigenvalue weighted by Crippen LogP contribution is 2.09. The van der Waals surface area contributed by atoms with Crippen molar-refractivity contribution >= 4 is 29.0 Å². The number of hydrogen-bond donors (Lipinski definition) is 0. The molecule has 1 aliphatic heterocycles. The molecule has 0 aromatic carbocycles. The first-order valence-corrected chi connectivity index (χ1v) is 8.03. The maximum atomic E-state index is 12.0. The second kappa shape index (κ2) is 6.37. The maximum Gasteiger partial charge on any atom is 0.273 e. The largest absolute Gasteiger partial charge is 0.335 e. The van der Waals surface area contributed by atoms with Crippen molar-refractivity contribution in [3.63, 3.8) is 0 Å². The number of aromatic nitrogens is 1. The molecule has 0 N–H and O–H groups in total. The molecule has 0 saturated carbocycles. The molecule has 0 radical (unpaired) electrons. The third-order valence-electron chi connectivity index (χ3n) is 2.92. The molecule has 4 nitrogen and oxygen atoms in total. The van der Waals surface area contributed by atoms with Crippen molar-refractivity contribution in [2.75, 3.05) is 44.7 Å². The molecule has 1 fully saturated rings. The Balaban J connectivity index is 1.81. The minimum absolute atomic E-state index is 0.0794. The van der Waals surface area contributed by atoms with E-state index in [1.807, 2.05) is 22.0 Å². The summed E-state index contributed by atoms with van der Waals surface area (Å²) in [6.45, 7) is 4.74. The summed E-state index contributed by atoms with van der Waals surface area (Å²) < 4.78 is 0. The molecule has 0 spiro atoms. The Kier molecular flexibility index (Phi) is 4.82. The Morgan fingerprint density at radius 3 is 2.82 bits per heavy atom. The van der Waals surface area contributed by atoms with Crippen LogP contribution in [-0.2, 0) is 0 Å². The van der Waals surface area contributed by atoms with E-state index in [0.29, 0.717) is 5.69 Å². The number of nitrogens with zero attached hydrogens (tertiary/aromatic N) is 3. The first-order valence-electron chi connectivity index (χ1n) is 5.70. The van der Waals surface area contributed by atoms with Gasteiger partial charge in [0.2, 0.25) is 0 Å². The summed E-state index contributed by atoms with van der Waals surface area (Å²) in [6, 6.07) is 0. The van der Waals surface area contributed by atoms with Gasteiger partial charge in [-0.05, 0) is 6.26 Å². The van der Waals surface area contributed by atoms with Crippen molar-refractivity contribution < 1.29 is 4.79 Å². The lowest BCUT2D eigenvalue weighted by atomic mass is 10.3. The van der Waals surface area contributed by atoms with Crippen molar-refractivity contribution in [3.05, 3.63) is 16.6 Å². The van der Waals surface area contributed by atoms with Crippen LogP contribution in [0.15, 0.2) is 10.9 Å². The Morgan fingerprint density at radius 2 is 2.24 bits per heavy atom. The van der Waals surface area contributed by atoms with Crippen LogP contribution in [0.3, 0.4) is 0 Å². The van der Waals surface area contributed by atoms with Crippen molar-refractivity contribution in [3.8, 4) is 0 Å². The Labute approximate surface area is 110 Å². The van der Waals surface area contributed by atoms with E-state index in [4.69, 9.17) is 0 Å². The highest BCUT2D eigenvalue weighted by molar-refractivity contribution is 7.98. The molecular weight excluding hydrogens is 254 g/mol. The molecule has 1 saturated heterocycles. The number of rotatable bonds is 4. The SMILES string of the molecule is CSCCN1CCN(C(=O)c2cscn2)CC1. The predicted molar refractivity (Wildman–Crippen MR) is 72.8 cm³/mol. The minimum atomic E-state index is 0.0794. The van der Waals surface area contributed by atoms with Crippen LogP contribution in [0, 0.1) is 0 Å². The van der Waals surface area contributed by atoms with Crippen LogP contribution in [0.4, 0.5) is 0 Å². The summed E-state index contributed by atoms with van der Waals surface area (Å²) >= 11 is 3.34. The monoisotopic (exact) mass is 271 g/mol. The van der Waals surface area contributed by atoms with E-state index >= 15 is 0 Å². The zero-order valence-electron chi connectivity index (χ0n) is 9.96. The summed E-state index contributed by atoms with van der Waals surface area (Å²) in [5.74, 6) is 1.25. The van der Waals surface area contributed by atoms with Crippen LogP contribution in [0.25, 0.3) is 0 Å². The molecule has 17 heavy (non-hydrogen) atoms. The number of piperazine rings is 1. The zero-order chi connectivity index (χ0) is 12.1. The summed E-state index contributed by atoms with van der Waals surface area (Å²) in [5, 5.41) is 1.82. The molecule has 2 rings (SSSR count). The van der Waals surface area contributed by atoms with Crippen LogP contribution in [-0.4, -0.2) is 65.4 Å². The molecular formula is C11H17N3OS2. The molecule has 1 aromatic heterocycles. The van der Waals surface area contributed by atoms with E-state index < -0.39 is 0 Å². The average molecular weight is 271 g/mol. The molecule has 0 unspecified atom stereocenters. The van der Waals surface area contributed by atoms with Gasteiger partial charge in [0.25, 0.3) is 5.91 Å². The number of amides is 1. The first kappa shape index (κ1) is 12.9. The fraction of sp³-hybridized carbons (Fsp3) is 0.636. The number of carbonyl (C=O) groups excluding carboxylic acids is 1. The third-order valence-corrected chi connectivity index (χ3v) is 4.10. The molecule has 0 atom stereocenters. The second-order valence-electron chi connectivity index (χ2n) is 4.00. The highest BCUT2D eigenvalue weighted by atomic mass is 32.2. The van der Waals surface area contributed by atoms with E-state index in [9.17, 15) is 4.79 Å². The Bertz CT molecular complexity index is 348. The summed E-state index contributed by atoms with van der Waals surface area (Å²) in [6.07, 6.45) is 2.13. The second-order valence-corrected chi connectivity index (χ2v) is 5.70. The highest BCUT2D eigenvalue weighted by Gasteiger charge is 2.22. The first-order chi connectivity index (χ1) is 8.31. The van der Waals surface area contributed by atoms with Gasteiger partial charge >= 0.3 is 0 Å². The van der Waals surface area contributed by atoms with Gasteiger partial charge in [0.1, 0.15) is 5.69 Å². The van der Waals surface area contributed by atoms with Gasteiger partial charge in [-0.15, -0.1) is 11.3 Å². The molecule has 0 bridgehead atoms. The van der Waals surface area contributed by atoms with Crippen LogP contribution >= 0.6 is 23.1 Å². The molecule has 6 heteroatoms. The van der Waals surface area contributed by atoms with Gasteiger partial charge in [0.05, 0.1) is 5.51 Å².